The average molecular weight is 152 g/mol. The van der Waals surface area contributed by atoms with Gasteiger partial charge in [-0.1, -0.05) is 24.3 Å². The van der Waals surface area contributed by atoms with E-state index in [-0.39, 0.29) is 6.10 Å². The lowest BCUT2D eigenvalue weighted by molar-refractivity contribution is 0.198. The van der Waals surface area contributed by atoms with Crippen molar-refractivity contribution in [1.29, 1.82) is 0 Å². The number of aliphatic hydroxyl groups excluding tert-OH is 1. The van der Waals surface area contributed by atoms with Crippen LogP contribution in [0.4, 0.5) is 0 Å². The van der Waals surface area contributed by atoms with Crippen LogP contribution < -0.4 is 0 Å². The summed E-state index contributed by atoms with van der Waals surface area (Å²) >= 11 is 0. The second kappa shape index (κ2) is 4.35. The quantitative estimate of drug-likeness (QED) is 0.615. The molecule has 0 radical (unpaired) electrons. The zero-order valence-corrected chi connectivity index (χ0v) is 7.03. The molecule has 0 aromatic carbocycles. The third kappa shape index (κ3) is 3.38. The lowest BCUT2D eigenvalue weighted by atomic mass is 10.1. The van der Waals surface area contributed by atoms with Gasteiger partial charge in [0.15, 0.2) is 0 Å². The van der Waals surface area contributed by atoms with Crippen LogP contribution in [0.1, 0.15) is 26.2 Å². The minimum atomic E-state index is -0.194. The summed E-state index contributed by atoms with van der Waals surface area (Å²) in [6.45, 7) is 1.82. The van der Waals surface area contributed by atoms with Gasteiger partial charge >= 0.3 is 0 Å². The molecule has 0 aromatic heterocycles. The number of allylic oxidation sites excluding steroid dienone is 3. The van der Waals surface area contributed by atoms with E-state index in [9.17, 15) is 0 Å². The highest BCUT2D eigenvalue weighted by molar-refractivity contribution is 5.02. The minimum Gasteiger partial charge on any atom is -0.393 e. The predicted molar refractivity (Wildman–Crippen MR) is 47.3 cm³/mol. The molecule has 1 rings (SSSR count). The fraction of sp³-hybridized carbons (Fsp3) is 0.600. The Labute approximate surface area is 68.4 Å². The molecule has 0 fully saturated rings. The molecule has 1 atom stereocenters. The highest BCUT2D eigenvalue weighted by atomic mass is 16.3. The van der Waals surface area contributed by atoms with Crippen molar-refractivity contribution in [3.8, 4) is 0 Å². The summed E-state index contributed by atoms with van der Waals surface area (Å²) in [6.07, 6.45) is 11.7. The first-order valence-electron chi connectivity index (χ1n) is 4.29. The summed E-state index contributed by atoms with van der Waals surface area (Å²) in [4.78, 5) is 0. The maximum absolute atomic E-state index is 8.96. The van der Waals surface area contributed by atoms with Gasteiger partial charge < -0.3 is 5.11 Å². The van der Waals surface area contributed by atoms with Crippen LogP contribution in [0.25, 0.3) is 0 Å². The van der Waals surface area contributed by atoms with E-state index in [1.165, 1.54) is 12.8 Å². The Balaban J connectivity index is 2.14. The molecule has 0 saturated heterocycles. The number of hydrogen-bond donors (Lipinski definition) is 1. The molecule has 0 aliphatic heterocycles. The molecule has 1 unspecified atom stereocenters. The lowest BCUT2D eigenvalue weighted by Crippen LogP contribution is -1.96. The van der Waals surface area contributed by atoms with Gasteiger partial charge in [0.25, 0.3) is 0 Å². The van der Waals surface area contributed by atoms with Gasteiger partial charge in [-0.25, -0.2) is 0 Å². The van der Waals surface area contributed by atoms with Crippen molar-refractivity contribution in [3.63, 3.8) is 0 Å². The van der Waals surface area contributed by atoms with Crippen molar-refractivity contribution < 1.29 is 5.11 Å². The molecule has 1 aliphatic carbocycles. The van der Waals surface area contributed by atoms with Crippen molar-refractivity contribution in [1.82, 2.24) is 0 Å². The smallest absolute Gasteiger partial charge is 0.0546 e. The van der Waals surface area contributed by atoms with Crippen molar-refractivity contribution >= 4 is 0 Å². The van der Waals surface area contributed by atoms with Crippen molar-refractivity contribution in [2.24, 2.45) is 5.92 Å². The van der Waals surface area contributed by atoms with Crippen LogP contribution in [0.2, 0.25) is 0 Å². The van der Waals surface area contributed by atoms with Gasteiger partial charge in [0.2, 0.25) is 0 Å². The Bertz CT molecular complexity index is 148. The molecule has 0 spiro atoms. The average Bonchev–Trinajstić information content (AvgIpc) is 2.39. The molecule has 11 heavy (non-hydrogen) atoms. The van der Waals surface area contributed by atoms with E-state index in [1.54, 1.807) is 0 Å². The van der Waals surface area contributed by atoms with Gasteiger partial charge in [0, 0.05) is 0 Å². The molecule has 1 nitrogen and oxygen atoms in total. The van der Waals surface area contributed by atoms with E-state index in [1.807, 2.05) is 6.92 Å². The van der Waals surface area contributed by atoms with E-state index < -0.39 is 0 Å². The molecule has 1 aliphatic rings. The van der Waals surface area contributed by atoms with Gasteiger partial charge in [0.05, 0.1) is 6.10 Å². The molecule has 0 bridgehead atoms. The lowest BCUT2D eigenvalue weighted by Gasteiger charge is -2.01. The summed E-state index contributed by atoms with van der Waals surface area (Å²) < 4.78 is 0. The summed E-state index contributed by atoms with van der Waals surface area (Å²) in [5, 5.41) is 8.96. The maximum atomic E-state index is 8.96. The topological polar surface area (TPSA) is 20.2 Å². The molecule has 0 aromatic rings. The Morgan fingerprint density at radius 3 is 2.73 bits per heavy atom. The summed E-state index contributed by atoms with van der Waals surface area (Å²) in [7, 11) is 0. The van der Waals surface area contributed by atoms with Gasteiger partial charge in [-0.2, -0.15) is 0 Å². The van der Waals surface area contributed by atoms with E-state index in [0.717, 1.165) is 6.42 Å². The van der Waals surface area contributed by atoms with Gasteiger partial charge in [-0.15, -0.1) is 0 Å². The molecule has 1 N–H and O–H groups in total. The fourth-order valence-electron chi connectivity index (χ4n) is 1.26. The Morgan fingerprint density at radius 2 is 2.18 bits per heavy atom. The molecule has 0 heterocycles. The van der Waals surface area contributed by atoms with E-state index in [2.05, 4.69) is 24.3 Å². The largest absolute Gasteiger partial charge is 0.393 e. The molecule has 62 valence electrons. The van der Waals surface area contributed by atoms with Crippen LogP contribution in [-0.2, 0) is 0 Å². The normalized spacial score (nSPS) is 21.6. The summed E-state index contributed by atoms with van der Waals surface area (Å²) in [6, 6.07) is 0. The molecule has 0 saturated carbocycles. The molecular formula is C10H16O. The van der Waals surface area contributed by atoms with Crippen LogP contribution in [0, 0.1) is 5.92 Å². The maximum Gasteiger partial charge on any atom is 0.0546 e. The van der Waals surface area contributed by atoms with Crippen molar-refractivity contribution in [3.05, 3.63) is 24.3 Å². The summed E-state index contributed by atoms with van der Waals surface area (Å²) in [5.41, 5.74) is 0. The summed E-state index contributed by atoms with van der Waals surface area (Å²) in [5.74, 6) is 0.703. The Morgan fingerprint density at radius 1 is 1.55 bits per heavy atom. The number of rotatable bonds is 3. The standard InChI is InChI=1S/C10H16O/c1-9(11)5-4-8-10-6-2-3-7-10/h2-4,8-11H,5-7H2,1H3. The second-order valence-electron chi connectivity index (χ2n) is 3.22. The van der Waals surface area contributed by atoms with Gasteiger partial charge in [0.1, 0.15) is 0 Å². The number of aliphatic hydroxyl groups is 1. The van der Waals surface area contributed by atoms with Crippen LogP contribution in [0.15, 0.2) is 24.3 Å². The van der Waals surface area contributed by atoms with Crippen molar-refractivity contribution in [2.75, 3.05) is 0 Å². The highest BCUT2D eigenvalue weighted by Crippen LogP contribution is 2.18. The highest BCUT2D eigenvalue weighted by Gasteiger charge is 2.04. The first kappa shape index (κ1) is 8.54. The van der Waals surface area contributed by atoms with E-state index in [0.29, 0.717) is 5.92 Å². The van der Waals surface area contributed by atoms with Crippen LogP contribution in [0.5, 0.6) is 0 Å². The van der Waals surface area contributed by atoms with E-state index >= 15 is 0 Å². The Hall–Kier alpha value is -0.560. The van der Waals surface area contributed by atoms with Gasteiger partial charge in [-0.3, -0.25) is 0 Å². The predicted octanol–water partition coefficient (Wildman–Crippen LogP) is 2.28. The molecular weight excluding hydrogens is 136 g/mol. The minimum absolute atomic E-state index is 0.194. The first-order chi connectivity index (χ1) is 5.29. The Kier molecular flexibility index (Phi) is 3.37. The van der Waals surface area contributed by atoms with Crippen LogP contribution in [0.3, 0.4) is 0 Å². The molecule has 0 amide bonds. The zero-order chi connectivity index (χ0) is 8.10. The van der Waals surface area contributed by atoms with E-state index in [4.69, 9.17) is 5.11 Å². The first-order valence-corrected chi connectivity index (χ1v) is 4.29. The molecule has 1 heteroatoms. The van der Waals surface area contributed by atoms with Crippen molar-refractivity contribution in [2.45, 2.75) is 32.3 Å². The third-order valence-electron chi connectivity index (χ3n) is 1.93. The van der Waals surface area contributed by atoms with Gasteiger partial charge in [-0.05, 0) is 32.1 Å². The zero-order valence-electron chi connectivity index (χ0n) is 7.03. The fourth-order valence-corrected chi connectivity index (χ4v) is 1.26. The second-order valence-corrected chi connectivity index (χ2v) is 3.22. The SMILES string of the molecule is CC(O)CC=CC1CC=CC1. The van der Waals surface area contributed by atoms with Crippen LogP contribution >= 0.6 is 0 Å². The number of hydrogen-bond acceptors (Lipinski definition) is 1. The monoisotopic (exact) mass is 152 g/mol. The third-order valence-corrected chi connectivity index (χ3v) is 1.93. The van der Waals surface area contributed by atoms with Crippen LogP contribution in [-0.4, -0.2) is 11.2 Å².